The van der Waals surface area contributed by atoms with E-state index < -0.39 is 5.82 Å². The van der Waals surface area contributed by atoms with Gasteiger partial charge in [-0.3, -0.25) is 9.48 Å². The van der Waals surface area contributed by atoms with Crippen molar-refractivity contribution in [2.24, 2.45) is 7.05 Å². The first kappa shape index (κ1) is 16.0. The number of hydrogen-bond donors (Lipinski definition) is 1. The fourth-order valence-electron chi connectivity index (χ4n) is 1.92. The molecule has 0 spiro atoms. The molecule has 1 amide bonds. The largest absolute Gasteiger partial charge is 0.471 e. The molecule has 3 aromatic rings. The first-order chi connectivity index (χ1) is 11.5. The zero-order chi connectivity index (χ0) is 17.1. The van der Waals surface area contributed by atoms with E-state index in [1.54, 1.807) is 36.3 Å². The van der Waals surface area contributed by atoms with Crippen LogP contribution >= 0.6 is 11.6 Å². The maximum atomic E-state index is 13.1. The van der Waals surface area contributed by atoms with Crippen molar-refractivity contribution in [2.75, 3.05) is 5.32 Å². The number of hydrogen-bond acceptors (Lipinski definition) is 4. The van der Waals surface area contributed by atoms with Gasteiger partial charge in [-0.05, 0) is 18.2 Å². The van der Waals surface area contributed by atoms with E-state index in [2.05, 4.69) is 15.5 Å². The molecule has 2 heterocycles. The lowest BCUT2D eigenvalue weighted by molar-refractivity contribution is 0.102. The van der Waals surface area contributed by atoms with Crippen LogP contribution in [0.2, 0.25) is 5.02 Å². The van der Waals surface area contributed by atoms with Crippen LogP contribution in [-0.2, 0) is 13.8 Å². The van der Waals surface area contributed by atoms with E-state index in [4.69, 9.17) is 16.3 Å². The molecule has 124 valence electrons. The Morgan fingerprint density at radius 3 is 2.83 bits per heavy atom. The highest BCUT2D eigenvalue weighted by Crippen LogP contribution is 2.21. The fraction of sp³-hybridized carbons (Fsp3) is 0.133. The van der Waals surface area contributed by atoms with Gasteiger partial charge >= 0.3 is 0 Å². The number of anilines is 1. The monoisotopic (exact) mass is 349 g/mol. The smallest absolute Gasteiger partial charge is 0.277 e. The van der Waals surface area contributed by atoms with E-state index >= 15 is 0 Å². The average Bonchev–Trinajstić information content (AvgIpc) is 3.18. The molecule has 1 aromatic carbocycles. The zero-order valence-electron chi connectivity index (χ0n) is 12.6. The van der Waals surface area contributed by atoms with E-state index in [-0.39, 0.29) is 23.4 Å². The number of rotatable bonds is 5. The van der Waals surface area contributed by atoms with Gasteiger partial charge in [0.2, 0.25) is 0 Å². The van der Waals surface area contributed by atoms with E-state index in [0.29, 0.717) is 11.6 Å². The highest BCUT2D eigenvalue weighted by Gasteiger charge is 2.11. The minimum Gasteiger partial charge on any atom is -0.471 e. The van der Waals surface area contributed by atoms with Crippen molar-refractivity contribution in [1.82, 2.24) is 19.6 Å². The van der Waals surface area contributed by atoms with Gasteiger partial charge in [-0.15, -0.1) is 0 Å². The zero-order valence-corrected chi connectivity index (χ0v) is 13.4. The molecule has 0 radical (unpaired) electrons. The molecule has 1 N–H and O–H groups in total. The molecular formula is C15H13ClFN5O2. The molecule has 0 unspecified atom stereocenters. The van der Waals surface area contributed by atoms with Crippen LogP contribution in [0.5, 0.6) is 5.75 Å². The minimum absolute atomic E-state index is 0.0246. The molecule has 0 aliphatic heterocycles. The van der Waals surface area contributed by atoms with E-state index in [1.165, 1.54) is 22.9 Å². The minimum atomic E-state index is -0.517. The lowest BCUT2D eigenvalue weighted by Gasteiger charge is -2.06. The summed E-state index contributed by atoms with van der Waals surface area (Å²) in [6.07, 6.45) is 3.31. The van der Waals surface area contributed by atoms with E-state index in [0.717, 1.165) is 0 Å². The molecule has 24 heavy (non-hydrogen) atoms. The second kappa shape index (κ2) is 6.71. The Morgan fingerprint density at radius 1 is 1.29 bits per heavy atom. The van der Waals surface area contributed by atoms with Crippen LogP contribution in [0.15, 0.2) is 42.7 Å². The normalized spacial score (nSPS) is 10.6. The SMILES string of the molecule is Cn1ccc(NC(=O)c2ccn(COc3ccc(F)c(Cl)c3)n2)n1. The van der Waals surface area contributed by atoms with Crippen molar-refractivity contribution in [3.8, 4) is 5.75 Å². The number of aromatic nitrogens is 4. The molecular weight excluding hydrogens is 337 g/mol. The maximum Gasteiger partial charge on any atom is 0.277 e. The first-order valence-corrected chi connectivity index (χ1v) is 7.31. The average molecular weight is 350 g/mol. The van der Waals surface area contributed by atoms with E-state index in [1.807, 2.05) is 0 Å². The summed E-state index contributed by atoms with van der Waals surface area (Å²) in [6.45, 7) is 0.0544. The number of ether oxygens (including phenoxy) is 1. The first-order valence-electron chi connectivity index (χ1n) is 6.93. The van der Waals surface area contributed by atoms with Gasteiger partial charge in [-0.2, -0.15) is 10.2 Å². The Balaban J connectivity index is 1.60. The molecule has 7 nitrogen and oxygen atoms in total. The summed E-state index contributed by atoms with van der Waals surface area (Å²) in [6, 6.07) is 7.27. The number of nitrogens with zero attached hydrogens (tertiary/aromatic N) is 4. The van der Waals surface area contributed by atoms with Crippen LogP contribution in [0.4, 0.5) is 10.2 Å². The molecule has 0 fully saturated rings. The summed E-state index contributed by atoms with van der Waals surface area (Å²) in [7, 11) is 1.75. The quantitative estimate of drug-likeness (QED) is 0.768. The number of benzene rings is 1. The van der Waals surface area contributed by atoms with Crippen LogP contribution in [0.25, 0.3) is 0 Å². The maximum absolute atomic E-state index is 13.1. The highest BCUT2D eigenvalue weighted by atomic mass is 35.5. The number of carbonyl (C=O) groups excluding carboxylic acids is 1. The highest BCUT2D eigenvalue weighted by molar-refractivity contribution is 6.30. The summed E-state index contributed by atoms with van der Waals surface area (Å²) < 4.78 is 21.5. The standard InChI is InChI=1S/C15H13ClFN5O2/c1-21-6-5-14(20-21)18-15(23)13-4-7-22(19-13)9-24-10-2-3-12(17)11(16)8-10/h2-8H,9H2,1H3,(H,18,20,23). The molecule has 9 heteroatoms. The van der Waals surface area contributed by atoms with Gasteiger partial charge < -0.3 is 10.1 Å². The van der Waals surface area contributed by atoms with Gasteiger partial charge in [0.15, 0.2) is 18.2 Å². The Hall–Kier alpha value is -2.87. The van der Waals surface area contributed by atoms with Gasteiger partial charge in [0.25, 0.3) is 5.91 Å². The predicted octanol–water partition coefficient (Wildman–Crippen LogP) is 2.70. The van der Waals surface area contributed by atoms with Gasteiger partial charge in [0.05, 0.1) is 5.02 Å². The Bertz CT molecular complexity index is 876. The number of aryl methyl sites for hydroxylation is 1. The van der Waals surface area contributed by atoms with Gasteiger partial charge in [-0.1, -0.05) is 11.6 Å². The number of halogens is 2. The third-order valence-electron chi connectivity index (χ3n) is 3.08. The summed E-state index contributed by atoms with van der Waals surface area (Å²) >= 11 is 5.68. The van der Waals surface area contributed by atoms with Crippen LogP contribution in [0.1, 0.15) is 10.5 Å². The summed E-state index contributed by atoms with van der Waals surface area (Å²) in [4.78, 5) is 12.1. The molecule has 0 saturated carbocycles. The van der Waals surface area contributed by atoms with Crippen LogP contribution in [0.3, 0.4) is 0 Å². The summed E-state index contributed by atoms with van der Waals surface area (Å²) in [5.74, 6) is -0.0560. The Morgan fingerprint density at radius 2 is 2.12 bits per heavy atom. The Kier molecular flexibility index (Phi) is 4.48. The van der Waals surface area contributed by atoms with Crippen molar-refractivity contribution >= 4 is 23.3 Å². The van der Waals surface area contributed by atoms with Crippen LogP contribution in [0, 0.1) is 5.82 Å². The molecule has 0 saturated heterocycles. The molecule has 0 aliphatic rings. The number of amides is 1. The summed E-state index contributed by atoms with van der Waals surface area (Å²) in [5.41, 5.74) is 0.224. The second-order valence-corrected chi connectivity index (χ2v) is 5.33. The molecule has 0 aliphatic carbocycles. The van der Waals surface area contributed by atoms with Gasteiger partial charge in [-0.25, -0.2) is 9.07 Å². The van der Waals surface area contributed by atoms with Gasteiger partial charge in [0.1, 0.15) is 11.6 Å². The Labute approximate surface area is 141 Å². The van der Waals surface area contributed by atoms with E-state index in [9.17, 15) is 9.18 Å². The number of nitrogens with one attached hydrogen (secondary N) is 1. The molecule has 3 rings (SSSR count). The van der Waals surface area contributed by atoms with Crippen molar-refractivity contribution in [3.63, 3.8) is 0 Å². The lowest BCUT2D eigenvalue weighted by Crippen LogP contribution is -2.14. The van der Waals surface area contributed by atoms with Crippen LogP contribution in [-0.4, -0.2) is 25.5 Å². The summed E-state index contributed by atoms with van der Waals surface area (Å²) in [5, 5.41) is 10.8. The fourth-order valence-corrected chi connectivity index (χ4v) is 2.09. The van der Waals surface area contributed by atoms with Crippen molar-refractivity contribution in [2.45, 2.75) is 6.73 Å². The second-order valence-electron chi connectivity index (χ2n) is 4.92. The molecule has 2 aromatic heterocycles. The number of carbonyl (C=O) groups is 1. The third-order valence-corrected chi connectivity index (χ3v) is 3.37. The van der Waals surface area contributed by atoms with Crippen LogP contribution < -0.4 is 10.1 Å². The lowest BCUT2D eigenvalue weighted by atomic mass is 10.3. The molecule has 0 atom stereocenters. The van der Waals surface area contributed by atoms with Crippen molar-refractivity contribution in [3.05, 3.63) is 59.3 Å². The molecule has 0 bridgehead atoms. The van der Waals surface area contributed by atoms with Crippen molar-refractivity contribution in [1.29, 1.82) is 0 Å². The third kappa shape index (κ3) is 3.72. The van der Waals surface area contributed by atoms with Crippen molar-refractivity contribution < 1.29 is 13.9 Å². The predicted molar refractivity (Wildman–Crippen MR) is 85.4 cm³/mol. The van der Waals surface area contributed by atoms with Gasteiger partial charge in [0, 0.05) is 31.6 Å². The topological polar surface area (TPSA) is 74.0 Å².